The van der Waals surface area contributed by atoms with Crippen LogP contribution >= 0.6 is 0 Å². The Hall–Kier alpha value is -3.46. The second kappa shape index (κ2) is 6.04. The van der Waals surface area contributed by atoms with E-state index in [2.05, 4.69) is 59.6 Å². The number of aromatic nitrogens is 1. The molecule has 7 rings (SSSR count). The van der Waals surface area contributed by atoms with Crippen LogP contribution in [0.2, 0.25) is 0 Å². The molecule has 5 aromatic carbocycles. The second-order valence-corrected chi connectivity index (χ2v) is 9.09. The fourth-order valence-corrected chi connectivity index (χ4v) is 6.34. The summed E-state index contributed by atoms with van der Waals surface area (Å²) < 4.78 is 0. The predicted molar refractivity (Wildman–Crippen MR) is 129 cm³/mol. The molecule has 0 unspecified atom stereocenters. The molecule has 6 aromatic rings. The van der Waals surface area contributed by atoms with Crippen LogP contribution in [-0.4, -0.2) is 4.98 Å². The highest BCUT2D eigenvalue weighted by molar-refractivity contribution is 6.38. The minimum Gasteiger partial charge on any atom is -0.288 e. The normalized spacial score (nSPS) is 15.9. The van der Waals surface area contributed by atoms with E-state index in [1.165, 1.54) is 35.4 Å². The molecule has 0 aliphatic heterocycles. The van der Waals surface area contributed by atoms with Gasteiger partial charge in [-0.25, -0.2) is 0 Å². The second-order valence-electron chi connectivity index (χ2n) is 9.09. The fraction of sp³-hybridized carbons (Fsp3) is 0.214. The number of fused-ring (bicyclic) bond motifs is 4. The smallest absolute Gasteiger partial charge is 0.259 e. The Balaban J connectivity index is 1.86. The van der Waals surface area contributed by atoms with Gasteiger partial charge in [0.1, 0.15) is 0 Å². The van der Waals surface area contributed by atoms with Gasteiger partial charge >= 0.3 is 0 Å². The molecule has 150 valence electrons. The molecule has 0 radical (unpaired) electrons. The molecule has 1 aliphatic carbocycles. The lowest BCUT2D eigenvalue weighted by molar-refractivity contribution is 0.447. The summed E-state index contributed by atoms with van der Waals surface area (Å²) in [4.78, 5) is 28.9. The lowest BCUT2D eigenvalue weighted by Gasteiger charge is -2.25. The molecule has 0 amide bonds. The summed E-state index contributed by atoms with van der Waals surface area (Å²) in [5.41, 5.74) is 0.625. The van der Waals surface area contributed by atoms with Crippen LogP contribution in [0.5, 0.6) is 0 Å². The number of aromatic amines is 1. The number of hydrogen-bond acceptors (Lipinski definition) is 2. The average molecular weight is 403 g/mol. The molecule has 1 N–H and O–H groups in total. The van der Waals surface area contributed by atoms with Crippen molar-refractivity contribution in [3.8, 4) is 0 Å². The molecule has 0 saturated heterocycles. The van der Waals surface area contributed by atoms with Gasteiger partial charge in [-0.05, 0) is 62.0 Å². The maximum Gasteiger partial charge on any atom is 0.259 e. The van der Waals surface area contributed by atoms with Crippen LogP contribution in [0.4, 0.5) is 0 Å². The lowest BCUT2D eigenvalue weighted by Crippen LogP contribution is -2.10. The number of rotatable bonds is 1. The van der Waals surface area contributed by atoms with E-state index >= 15 is 0 Å². The summed E-state index contributed by atoms with van der Waals surface area (Å²) in [7, 11) is 0. The minimum atomic E-state index is -0.250. The van der Waals surface area contributed by atoms with Crippen LogP contribution in [0.3, 0.4) is 0 Å². The number of benzene rings is 5. The van der Waals surface area contributed by atoms with Crippen molar-refractivity contribution < 1.29 is 0 Å². The molecule has 3 heteroatoms. The van der Waals surface area contributed by atoms with Crippen molar-refractivity contribution in [3.05, 3.63) is 80.9 Å². The van der Waals surface area contributed by atoms with Crippen LogP contribution in [-0.2, 0) is 0 Å². The molecule has 0 bridgehead atoms. The van der Waals surface area contributed by atoms with E-state index < -0.39 is 0 Å². The first kappa shape index (κ1) is 17.2. The molecule has 1 aromatic heterocycles. The third kappa shape index (κ3) is 2.13. The van der Waals surface area contributed by atoms with Gasteiger partial charge in [-0.3, -0.25) is 14.6 Å². The van der Waals surface area contributed by atoms with Crippen molar-refractivity contribution in [2.45, 2.75) is 38.0 Å². The van der Waals surface area contributed by atoms with E-state index in [1.54, 1.807) is 0 Å². The van der Waals surface area contributed by atoms with E-state index in [1.807, 2.05) is 0 Å². The molecule has 1 heterocycles. The Kier molecular flexibility index (Phi) is 3.36. The first-order valence-corrected chi connectivity index (χ1v) is 11.2. The maximum atomic E-state index is 13.2. The number of nitrogens with one attached hydrogen (secondary N) is 1. The lowest BCUT2D eigenvalue weighted by atomic mass is 9.78. The zero-order valence-electron chi connectivity index (χ0n) is 17.1. The quantitative estimate of drug-likeness (QED) is 0.254. The Morgan fingerprint density at radius 3 is 1.97 bits per heavy atom. The van der Waals surface area contributed by atoms with Crippen molar-refractivity contribution in [2.24, 2.45) is 0 Å². The van der Waals surface area contributed by atoms with Gasteiger partial charge in [0.25, 0.3) is 11.1 Å². The van der Waals surface area contributed by atoms with E-state index in [9.17, 15) is 9.59 Å². The van der Waals surface area contributed by atoms with Crippen molar-refractivity contribution >= 4 is 53.9 Å². The van der Waals surface area contributed by atoms with Crippen molar-refractivity contribution in [1.82, 2.24) is 4.98 Å². The zero-order valence-corrected chi connectivity index (χ0v) is 17.1. The van der Waals surface area contributed by atoms with Gasteiger partial charge in [-0.15, -0.1) is 0 Å². The summed E-state index contributed by atoms with van der Waals surface area (Å²) in [6, 6.07) is 19.1. The molecule has 0 spiro atoms. The van der Waals surface area contributed by atoms with Gasteiger partial charge in [0.2, 0.25) is 0 Å². The van der Waals surface area contributed by atoms with Crippen molar-refractivity contribution in [2.75, 3.05) is 0 Å². The summed E-state index contributed by atoms with van der Waals surface area (Å²) in [6.45, 7) is 0. The van der Waals surface area contributed by atoms with Gasteiger partial charge < -0.3 is 0 Å². The standard InChI is InChI=1S/C28H21NO2/c30-27-25-22(16-7-2-1-3-8-16)20-14-6-12-18-17-11-4-9-15-10-5-13-19(21(15)17)24(23(18)20)26(25)28(31)29-27/h4-6,9-14,16H,1-3,7-8H2,(H,29,30,31). The van der Waals surface area contributed by atoms with E-state index in [0.717, 1.165) is 45.3 Å². The predicted octanol–water partition coefficient (Wildman–Crippen LogP) is 6.42. The van der Waals surface area contributed by atoms with Crippen molar-refractivity contribution in [3.63, 3.8) is 0 Å². The van der Waals surface area contributed by atoms with Gasteiger partial charge in [-0.2, -0.15) is 0 Å². The maximum absolute atomic E-state index is 13.2. The molecule has 1 saturated carbocycles. The zero-order chi connectivity index (χ0) is 20.7. The molecular formula is C28H21NO2. The largest absolute Gasteiger partial charge is 0.288 e. The Bertz CT molecular complexity index is 1750. The fourth-order valence-electron chi connectivity index (χ4n) is 6.34. The van der Waals surface area contributed by atoms with Crippen LogP contribution < -0.4 is 11.1 Å². The van der Waals surface area contributed by atoms with Gasteiger partial charge in [0, 0.05) is 5.39 Å². The first-order valence-electron chi connectivity index (χ1n) is 11.2. The van der Waals surface area contributed by atoms with Gasteiger partial charge in [0.05, 0.1) is 10.8 Å². The van der Waals surface area contributed by atoms with Crippen LogP contribution in [0.25, 0.3) is 53.9 Å². The number of hydrogen-bond donors (Lipinski definition) is 1. The first-order chi connectivity index (χ1) is 15.2. The third-order valence-corrected chi connectivity index (χ3v) is 7.53. The Labute approximate surface area is 178 Å². The SMILES string of the molecule is O=c1[nH]c(=O)c2c1c(C1CCCCC1)c1cccc3c4cccc5cccc(c54)c2c13. The Morgan fingerprint density at radius 2 is 1.19 bits per heavy atom. The summed E-state index contributed by atoms with van der Waals surface area (Å²) in [6.07, 6.45) is 5.78. The van der Waals surface area contributed by atoms with E-state index in [-0.39, 0.29) is 11.1 Å². The highest BCUT2D eigenvalue weighted by Crippen LogP contribution is 2.47. The minimum absolute atomic E-state index is 0.227. The van der Waals surface area contributed by atoms with E-state index in [0.29, 0.717) is 16.7 Å². The summed E-state index contributed by atoms with van der Waals surface area (Å²) in [5.74, 6) is 0.330. The monoisotopic (exact) mass is 403 g/mol. The molecular weight excluding hydrogens is 382 g/mol. The van der Waals surface area contributed by atoms with Crippen molar-refractivity contribution in [1.29, 1.82) is 0 Å². The van der Waals surface area contributed by atoms with E-state index in [4.69, 9.17) is 0 Å². The molecule has 0 atom stereocenters. The van der Waals surface area contributed by atoms with Crippen LogP contribution in [0, 0.1) is 0 Å². The molecule has 3 nitrogen and oxygen atoms in total. The topological polar surface area (TPSA) is 49.9 Å². The summed E-state index contributed by atoms with van der Waals surface area (Å²) in [5, 5.41) is 10.2. The Morgan fingerprint density at radius 1 is 0.581 bits per heavy atom. The third-order valence-electron chi connectivity index (χ3n) is 7.53. The molecule has 1 fully saturated rings. The van der Waals surface area contributed by atoms with Crippen LogP contribution in [0.15, 0.2) is 64.2 Å². The average Bonchev–Trinajstić information content (AvgIpc) is 3.10. The number of H-pyrrole nitrogens is 1. The van der Waals surface area contributed by atoms with Gasteiger partial charge in [0.15, 0.2) is 0 Å². The van der Waals surface area contributed by atoms with Gasteiger partial charge in [-0.1, -0.05) is 73.9 Å². The highest BCUT2D eigenvalue weighted by atomic mass is 16.2. The summed E-state index contributed by atoms with van der Waals surface area (Å²) >= 11 is 0. The highest BCUT2D eigenvalue weighted by Gasteiger charge is 2.27. The molecule has 31 heavy (non-hydrogen) atoms. The van der Waals surface area contributed by atoms with Crippen LogP contribution in [0.1, 0.15) is 43.6 Å². The molecule has 1 aliphatic rings.